The molecule has 4 nitrogen and oxygen atoms in total. The first kappa shape index (κ1) is 10.7. The van der Waals surface area contributed by atoms with Crippen LogP contribution in [-0.4, -0.2) is 9.49 Å². The van der Waals surface area contributed by atoms with Gasteiger partial charge in [0.25, 0.3) is 5.69 Å². The zero-order valence-electron chi connectivity index (χ0n) is 9.60. The summed E-state index contributed by atoms with van der Waals surface area (Å²) >= 11 is 0. The molecule has 1 aromatic heterocycles. The molecule has 0 atom stereocenters. The Balaban J connectivity index is 2.76. The highest BCUT2D eigenvalue weighted by Crippen LogP contribution is 2.29. The van der Waals surface area contributed by atoms with Crippen molar-refractivity contribution in [2.75, 3.05) is 0 Å². The lowest BCUT2D eigenvalue weighted by Crippen LogP contribution is -2.20. The van der Waals surface area contributed by atoms with Gasteiger partial charge in [-0.1, -0.05) is 6.07 Å². The van der Waals surface area contributed by atoms with Gasteiger partial charge in [0.05, 0.1) is 15.8 Å². The highest BCUT2D eigenvalue weighted by molar-refractivity contribution is 5.89. The number of nitro groups is 1. The number of nitrogens with zero attached hydrogens (tertiary/aromatic N) is 2. The summed E-state index contributed by atoms with van der Waals surface area (Å²) in [6.45, 7) is 6.22. The van der Waals surface area contributed by atoms with Gasteiger partial charge in [0, 0.05) is 17.8 Å². The van der Waals surface area contributed by atoms with Crippen molar-refractivity contribution in [3.05, 3.63) is 40.6 Å². The summed E-state index contributed by atoms with van der Waals surface area (Å²) < 4.78 is 2.05. The predicted molar refractivity (Wildman–Crippen MR) is 63.6 cm³/mol. The number of hydrogen-bond donors (Lipinski definition) is 0. The van der Waals surface area contributed by atoms with Crippen LogP contribution in [0.3, 0.4) is 0 Å². The summed E-state index contributed by atoms with van der Waals surface area (Å²) in [5.74, 6) is 0. The van der Waals surface area contributed by atoms with Crippen LogP contribution in [0.2, 0.25) is 0 Å². The third-order valence-electron chi connectivity index (χ3n) is 2.63. The van der Waals surface area contributed by atoms with Crippen LogP contribution in [0.25, 0.3) is 10.9 Å². The van der Waals surface area contributed by atoms with E-state index in [4.69, 9.17) is 0 Å². The summed E-state index contributed by atoms with van der Waals surface area (Å²) in [4.78, 5) is 10.5. The first-order chi connectivity index (χ1) is 7.41. The molecule has 0 N–H and O–H groups in total. The number of aromatic nitrogens is 1. The maximum Gasteiger partial charge on any atom is 0.278 e. The number of benzene rings is 1. The molecular formula is C12H14N2O2. The van der Waals surface area contributed by atoms with E-state index in [-0.39, 0.29) is 16.1 Å². The van der Waals surface area contributed by atoms with E-state index in [0.717, 1.165) is 5.52 Å². The van der Waals surface area contributed by atoms with Crippen LogP contribution in [0.4, 0.5) is 5.69 Å². The van der Waals surface area contributed by atoms with E-state index < -0.39 is 0 Å². The van der Waals surface area contributed by atoms with E-state index in [0.29, 0.717) is 5.39 Å². The second-order valence-corrected chi connectivity index (χ2v) is 4.82. The molecule has 1 heterocycles. The first-order valence-corrected chi connectivity index (χ1v) is 5.16. The maximum absolute atomic E-state index is 10.9. The van der Waals surface area contributed by atoms with Gasteiger partial charge in [0.15, 0.2) is 0 Å². The molecule has 2 rings (SSSR count). The van der Waals surface area contributed by atoms with Gasteiger partial charge >= 0.3 is 0 Å². The molecule has 0 aliphatic carbocycles. The largest absolute Gasteiger partial charge is 0.342 e. The van der Waals surface area contributed by atoms with E-state index in [9.17, 15) is 10.1 Å². The number of non-ortho nitro benzene ring substituents is 1. The van der Waals surface area contributed by atoms with E-state index in [2.05, 4.69) is 25.3 Å². The lowest BCUT2D eigenvalue weighted by molar-refractivity contribution is -0.383. The molecule has 84 valence electrons. The minimum Gasteiger partial charge on any atom is -0.342 e. The molecule has 0 amide bonds. The van der Waals surface area contributed by atoms with Crippen molar-refractivity contribution >= 4 is 16.6 Å². The fraction of sp³-hybridized carbons (Fsp3) is 0.333. The van der Waals surface area contributed by atoms with Crippen LogP contribution in [0, 0.1) is 10.1 Å². The van der Waals surface area contributed by atoms with Gasteiger partial charge in [-0.05, 0) is 32.9 Å². The van der Waals surface area contributed by atoms with Crippen molar-refractivity contribution in [2.45, 2.75) is 26.3 Å². The summed E-state index contributed by atoms with van der Waals surface area (Å²) in [7, 11) is 0. The molecule has 1 aromatic carbocycles. The number of nitro benzene ring substituents is 1. The molecule has 0 aliphatic heterocycles. The van der Waals surface area contributed by atoms with Gasteiger partial charge in [-0.3, -0.25) is 10.1 Å². The Kier molecular flexibility index (Phi) is 2.22. The number of hydrogen-bond acceptors (Lipinski definition) is 2. The third-order valence-corrected chi connectivity index (χ3v) is 2.63. The van der Waals surface area contributed by atoms with E-state index in [1.807, 2.05) is 12.3 Å². The maximum atomic E-state index is 10.9. The zero-order chi connectivity index (χ0) is 11.9. The molecule has 0 fully saturated rings. The molecule has 2 aromatic rings. The van der Waals surface area contributed by atoms with Crippen LogP contribution in [0.1, 0.15) is 20.8 Å². The molecular weight excluding hydrogens is 204 g/mol. The fourth-order valence-electron chi connectivity index (χ4n) is 1.90. The average Bonchev–Trinajstić information content (AvgIpc) is 2.59. The lowest BCUT2D eigenvalue weighted by atomic mass is 10.1. The molecule has 0 saturated heterocycles. The van der Waals surface area contributed by atoms with Crippen molar-refractivity contribution in [3.63, 3.8) is 0 Å². The molecule has 0 saturated carbocycles. The Hall–Kier alpha value is -1.84. The Bertz CT molecular complexity index is 550. The first-order valence-electron chi connectivity index (χ1n) is 5.16. The van der Waals surface area contributed by atoms with Gasteiger partial charge in [0.2, 0.25) is 0 Å². The summed E-state index contributed by atoms with van der Waals surface area (Å²) in [6, 6.07) is 6.98. The highest BCUT2D eigenvalue weighted by atomic mass is 16.6. The standard InChI is InChI=1S/C12H14N2O2/c1-12(2,3)13-8-7-9-10(13)5-4-6-11(9)14(15)16/h4-8H,1-3H3. The quantitative estimate of drug-likeness (QED) is 0.544. The molecule has 0 radical (unpaired) electrons. The summed E-state index contributed by atoms with van der Waals surface area (Å²) in [5, 5.41) is 11.6. The monoisotopic (exact) mass is 218 g/mol. The summed E-state index contributed by atoms with van der Waals surface area (Å²) in [5.41, 5.74) is 0.999. The number of rotatable bonds is 1. The lowest BCUT2D eigenvalue weighted by Gasteiger charge is -2.22. The van der Waals surface area contributed by atoms with Gasteiger partial charge < -0.3 is 4.57 Å². The van der Waals surface area contributed by atoms with E-state index in [1.165, 1.54) is 6.07 Å². The second kappa shape index (κ2) is 3.33. The van der Waals surface area contributed by atoms with Gasteiger partial charge in [0.1, 0.15) is 0 Å². The predicted octanol–water partition coefficient (Wildman–Crippen LogP) is 3.30. The van der Waals surface area contributed by atoms with Crippen LogP contribution < -0.4 is 0 Å². The van der Waals surface area contributed by atoms with E-state index >= 15 is 0 Å². The fourth-order valence-corrected chi connectivity index (χ4v) is 1.90. The van der Waals surface area contributed by atoms with Crippen LogP contribution in [0.15, 0.2) is 30.5 Å². The Morgan fingerprint density at radius 2 is 1.94 bits per heavy atom. The Morgan fingerprint density at radius 3 is 2.50 bits per heavy atom. The molecule has 0 spiro atoms. The van der Waals surface area contributed by atoms with Crippen LogP contribution in [-0.2, 0) is 5.54 Å². The van der Waals surface area contributed by atoms with Crippen molar-refractivity contribution in [1.29, 1.82) is 0 Å². The second-order valence-electron chi connectivity index (χ2n) is 4.82. The van der Waals surface area contributed by atoms with Crippen molar-refractivity contribution in [2.24, 2.45) is 0 Å². The highest BCUT2D eigenvalue weighted by Gasteiger charge is 2.19. The van der Waals surface area contributed by atoms with Crippen LogP contribution >= 0.6 is 0 Å². The SMILES string of the molecule is CC(C)(C)n1ccc2c([N+](=O)[O-])cccc21. The molecule has 0 aliphatic rings. The summed E-state index contributed by atoms with van der Waals surface area (Å²) in [6.07, 6.45) is 1.90. The topological polar surface area (TPSA) is 48.1 Å². The van der Waals surface area contributed by atoms with Gasteiger partial charge in [-0.25, -0.2) is 0 Å². The smallest absolute Gasteiger partial charge is 0.278 e. The van der Waals surface area contributed by atoms with Crippen molar-refractivity contribution < 1.29 is 4.92 Å². The third kappa shape index (κ3) is 1.56. The van der Waals surface area contributed by atoms with E-state index in [1.54, 1.807) is 12.1 Å². The minimum atomic E-state index is -0.338. The average molecular weight is 218 g/mol. The molecule has 16 heavy (non-hydrogen) atoms. The molecule has 0 bridgehead atoms. The van der Waals surface area contributed by atoms with Crippen LogP contribution in [0.5, 0.6) is 0 Å². The molecule has 0 unspecified atom stereocenters. The molecule has 4 heteroatoms. The van der Waals surface area contributed by atoms with Gasteiger partial charge in [-0.15, -0.1) is 0 Å². The van der Waals surface area contributed by atoms with Gasteiger partial charge in [-0.2, -0.15) is 0 Å². The Labute approximate surface area is 93.6 Å². The number of fused-ring (bicyclic) bond motifs is 1. The zero-order valence-corrected chi connectivity index (χ0v) is 9.60. The normalized spacial score (nSPS) is 11.9. The van der Waals surface area contributed by atoms with Crippen molar-refractivity contribution in [1.82, 2.24) is 4.57 Å². The Morgan fingerprint density at radius 1 is 1.25 bits per heavy atom. The van der Waals surface area contributed by atoms with Crippen molar-refractivity contribution in [3.8, 4) is 0 Å². The minimum absolute atomic E-state index is 0.0724.